The van der Waals surface area contributed by atoms with Gasteiger partial charge in [-0.05, 0) is 25.7 Å². The van der Waals surface area contributed by atoms with Gasteiger partial charge in [-0.15, -0.1) is 0 Å². The lowest BCUT2D eigenvalue weighted by molar-refractivity contribution is 0.163. The van der Waals surface area contributed by atoms with Crippen molar-refractivity contribution in [2.75, 3.05) is 19.4 Å². The van der Waals surface area contributed by atoms with Gasteiger partial charge in [-0.1, -0.05) is 6.42 Å². The van der Waals surface area contributed by atoms with Crippen molar-refractivity contribution >= 4 is 10.0 Å². The molecule has 1 unspecified atom stereocenters. The molecule has 1 rings (SSSR count). The Kier molecular flexibility index (Phi) is 3.92. The summed E-state index contributed by atoms with van der Waals surface area (Å²) in [5.41, 5.74) is 0. The number of rotatable bonds is 5. The van der Waals surface area contributed by atoms with Crippen molar-refractivity contribution in [1.29, 1.82) is 0 Å². The van der Waals surface area contributed by atoms with Crippen LogP contribution in [0, 0.1) is 5.92 Å². The molecule has 0 aliphatic heterocycles. The molecule has 0 radical (unpaired) electrons. The standard InChI is InChI=1S/C9H19NO3S/c1-8(7-11)10(14(2,12)13)6-9-4-3-5-9/h8-9,11H,3-7H2,1-2H3. The van der Waals surface area contributed by atoms with E-state index in [0.717, 1.165) is 12.8 Å². The summed E-state index contributed by atoms with van der Waals surface area (Å²) in [4.78, 5) is 0. The first kappa shape index (κ1) is 11.9. The molecule has 1 N–H and O–H groups in total. The molecule has 0 saturated heterocycles. The fraction of sp³-hybridized carbons (Fsp3) is 1.00. The molecule has 0 spiro atoms. The Morgan fingerprint density at radius 1 is 1.50 bits per heavy atom. The van der Waals surface area contributed by atoms with Crippen molar-refractivity contribution in [1.82, 2.24) is 4.31 Å². The molecule has 0 amide bonds. The predicted octanol–water partition coefficient (Wildman–Crippen LogP) is 0.429. The normalized spacial score (nSPS) is 20.9. The van der Waals surface area contributed by atoms with Gasteiger partial charge in [0.05, 0.1) is 12.9 Å². The maximum absolute atomic E-state index is 11.4. The molecule has 0 aromatic rings. The zero-order valence-electron chi connectivity index (χ0n) is 8.81. The second-order valence-corrected chi connectivity index (χ2v) is 6.10. The largest absolute Gasteiger partial charge is 0.395 e. The van der Waals surface area contributed by atoms with E-state index in [-0.39, 0.29) is 12.6 Å². The van der Waals surface area contributed by atoms with E-state index >= 15 is 0 Å². The van der Waals surface area contributed by atoms with Crippen molar-refractivity contribution in [3.05, 3.63) is 0 Å². The first-order valence-electron chi connectivity index (χ1n) is 5.03. The van der Waals surface area contributed by atoms with Gasteiger partial charge in [0.2, 0.25) is 10.0 Å². The molecule has 1 aliphatic rings. The van der Waals surface area contributed by atoms with Crippen LogP contribution < -0.4 is 0 Å². The summed E-state index contributed by atoms with van der Waals surface area (Å²) in [7, 11) is -3.17. The third-order valence-corrected chi connectivity index (χ3v) is 4.21. The second kappa shape index (κ2) is 4.59. The Morgan fingerprint density at radius 2 is 2.07 bits per heavy atom. The van der Waals surface area contributed by atoms with Crippen LogP contribution in [0.5, 0.6) is 0 Å². The van der Waals surface area contributed by atoms with Crippen LogP contribution in [0.3, 0.4) is 0 Å². The minimum atomic E-state index is -3.17. The Bertz CT molecular complexity index is 272. The average molecular weight is 221 g/mol. The fourth-order valence-corrected chi connectivity index (χ4v) is 2.87. The van der Waals surface area contributed by atoms with Gasteiger partial charge in [0.1, 0.15) is 0 Å². The Hall–Kier alpha value is -0.130. The third-order valence-electron chi connectivity index (χ3n) is 2.84. The van der Waals surface area contributed by atoms with Crippen LogP contribution in [0.1, 0.15) is 26.2 Å². The van der Waals surface area contributed by atoms with Crippen LogP contribution >= 0.6 is 0 Å². The van der Waals surface area contributed by atoms with E-state index in [1.54, 1.807) is 6.92 Å². The average Bonchev–Trinajstić information content (AvgIpc) is 1.98. The predicted molar refractivity (Wildman–Crippen MR) is 55.4 cm³/mol. The van der Waals surface area contributed by atoms with Crippen molar-refractivity contribution in [3.8, 4) is 0 Å². The van der Waals surface area contributed by atoms with Crippen molar-refractivity contribution in [3.63, 3.8) is 0 Å². The molecule has 4 nitrogen and oxygen atoms in total. The molecular weight excluding hydrogens is 202 g/mol. The van der Waals surface area contributed by atoms with Gasteiger partial charge in [0.15, 0.2) is 0 Å². The number of sulfonamides is 1. The SMILES string of the molecule is CC(CO)N(CC1CCC1)S(C)(=O)=O. The Morgan fingerprint density at radius 3 is 2.36 bits per heavy atom. The molecule has 0 aromatic heterocycles. The van der Waals surface area contributed by atoms with Crippen LogP contribution in [0.25, 0.3) is 0 Å². The smallest absolute Gasteiger partial charge is 0.211 e. The van der Waals surface area contributed by atoms with Crippen LogP contribution in [-0.4, -0.2) is 43.3 Å². The van der Waals surface area contributed by atoms with Gasteiger partial charge in [0.25, 0.3) is 0 Å². The minimum Gasteiger partial charge on any atom is -0.395 e. The first-order chi connectivity index (χ1) is 6.45. The van der Waals surface area contributed by atoms with Gasteiger partial charge < -0.3 is 5.11 Å². The second-order valence-electron chi connectivity index (χ2n) is 4.16. The summed E-state index contributed by atoms with van der Waals surface area (Å²) < 4.78 is 24.3. The summed E-state index contributed by atoms with van der Waals surface area (Å²) in [5.74, 6) is 0.499. The Labute approximate surface area is 86.0 Å². The van der Waals surface area contributed by atoms with Crippen LogP contribution in [0.4, 0.5) is 0 Å². The number of hydrogen-bond donors (Lipinski definition) is 1. The van der Waals surface area contributed by atoms with Gasteiger partial charge >= 0.3 is 0 Å². The summed E-state index contributed by atoms with van der Waals surface area (Å²) in [6.07, 6.45) is 4.64. The minimum absolute atomic E-state index is 0.111. The van der Waals surface area contributed by atoms with E-state index in [4.69, 9.17) is 5.11 Å². The van der Waals surface area contributed by atoms with Crippen molar-refractivity contribution in [2.24, 2.45) is 5.92 Å². The zero-order chi connectivity index (χ0) is 10.8. The van der Waals surface area contributed by atoms with E-state index in [1.807, 2.05) is 0 Å². The van der Waals surface area contributed by atoms with Crippen LogP contribution in [-0.2, 0) is 10.0 Å². The highest BCUT2D eigenvalue weighted by Gasteiger charge is 2.28. The summed E-state index contributed by atoms with van der Waals surface area (Å²) in [6, 6.07) is -0.300. The first-order valence-corrected chi connectivity index (χ1v) is 6.87. The maximum Gasteiger partial charge on any atom is 0.211 e. The number of hydrogen-bond acceptors (Lipinski definition) is 3. The fourth-order valence-electron chi connectivity index (χ4n) is 1.66. The zero-order valence-corrected chi connectivity index (χ0v) is 9.63. The molecule has 1 saturated carbocycles. The van der Waals surface area contributed by atoms with E-state index in [0.29, 0.717) is 12.5 Å². The molecule has 84 valence electrons. The molecular formula is C9H19NO3S. The van der Waals surface area contributed by atoms with Gasteiger partial charge in [-0.2, -0.15) is 4.31 Å². The van der Waals surface area contributed by atoms with Crippen molar-refractivity contribution < 1.29 is 13.5 Å². The van der Waals surface area contributed by atoms with E-state index in [2.05, 4.69) is 0 Å². The highest BCUT2D eigenvalue weighted by molar-refractivity contribution is 7.88. The van der Waals surface area contributed by atoms with Crippen LogP contribution in [0.15, 0.2) is 0 Å². The number of aliphatic hydroxyl groups is 1. The summed E-state index contributed by atoms with van der Waals surface area (Å²) >= 11 is 0. The number of aliphatic hydroxyl groups excluding tert-OH is 1. The highest BCUT2D eigenvalue weighted by Crippen LogP contribution is 2.28. The molecule has 0 aromatic carbocycles. The molecule has 1 aliphatic carbocycles. The van der Waals surface area contributed by atoms with Crippen LogP contribution in [0.2, 0.25) is 0 Å². The summed E-state index contributed by atoms with van der Waals surface area (Å²) in [6.45, 7) is 2.19. The third kappa shape index (κ3) is 2.93. The molecule has 1 atom stereocenters. The highest BCUT2D eigenvalue weighted by atomic mass is 32.2. The van der Waals surface area contributed by atoms with Gasteiger partial charge in [-0.25, -0.2) is 8.42 Å². The van der Waals surface area contributed by atoms with E-state index < -0.39 is 10.0 Å². The van der Waals surface area contributed by atoms with Gasteiger partial charge in [-0.3, -0.25) is 0 Å². The monoisotopic (exact) mass is 221 g/mol. The van der Waals surface area contributed by atoms with Crippen molar-refractivity contribution in [2.45, 2.75) is 32.2 Å². The quantitative estimate of drug-likeness (QED) is 0.732. The molecule has 0 bridgehead atoms. The lowest BCUT2D eigenvalue weighted by Gasteiger charge is -2.33. The van der Waals surface area contributed by atoms with Gasteiger partial charge in [0, 0.05) is 12.6 Å². The maximum atomic E-state index is 11.4. The lowest BCUT2D eigenvalue weighted by atomic mass is 9.85. The molecule has 1 fully saturated rings. The lowest BCUT2D eigenvalue weighted by Crippen LogP contribution is -2.44. The Balaban J connectivity index is 2.61. The topological polar surface area (TPSA) is 57.6 Å². The summed E-state index contributed by atoms with van der Waals surface area (Å²) in [5, 5.41) is 8.97. The van der Waals surface area contributed by atoms with E-state index in [1.165, 1.54) is 17.0 Å². The number of nitrogens with zero attached hydrogens (tertiary/aromatic N) is 1. The molecule has 0 heterocycles. The molecule has 5 heteroatoms. The van der Waals surface area contributed by atoms with E-state index in [9.17, 15) is 8.42 Å². The molecule has 14 heavy (non-hydrogen) atoms.